The molecule has 33 heavy (non-hydrogen) atoms. The number of nitrogens with zero attached hydrogens (tertiary/aromatic N) is 4. The topological polar surface area (TPSA) is 67.3 Å². The number of hydrogen-bond donors (Lipinski definition) is 1. The van der Waals surface area contributed by atoms with Crippen molar-refractivity contribution in [1.82, 2.24) is 9.80 Å². The molecule has 5 rings (SSSR count). The quantitative estimate of drug-likeness (QED) is 0.759. The molecule has 7 nitrogen and oxygen atoms in total. The molecular weight excluding hydrogens is 416 g/mol. The number of benzene rings is 2. The molecule has 1 N–H and O–H groups in total. The van der Waals surface area contributed by atoms with Gasteiger partial charge in [0.05, 0.1) is 17.4 Å². The number of aliphatic hydroxyl groups excluding tert-OH is 1. The van der Waals surface area contributed by atoms with E-state index in [4.69, 9.17) is 0 Å². The molecule has 3 aliphatic rings. The summed E-state index contributed by atoms with van der Waals surface area (Å²) in [5.41, 5.74) is 5.05. The molecule has 2 aromatic rings. The third kappa shape index (κ3) is 4.48. The first kappa shape index (κ1) is 21.9. The van der Waals surface area contributed by atoms with Gasteiger partial charge in [0.1, 0.15) is 0 Å². The molecule has 0 aliphatic carbocycles. The molecule has 0 bridgehead atoms. The van der Waals surface area contributed by atoms with Crippen LogP contribution >= 0.6 is 0 Å². The Morgan fingerprint density at radius 1 is 0.939 bits per heavy atom. The molecule has 3 aliphatic heterocycles. The third-order valence-corrected chi connectivity index (χ3v) is 7.11. The molecule has 7 heteroatoms. The molecule has 0 saturated carbocycles. The van der Waals surface area contributed by atoms with E-state index in [-0.39, 0.29) is 11.8 Å². The summed E-state index contributed by atoms with van der Waals surface area (Å²) in [6, 6.07) is 14.1. The van der Waals surface area contributed by atoms with E-state index in [1.807, 2.05) is 30.1 Å². The van der Waals surface area contributed by atoms with Gasteiger partial charge in [-0.1, -0.05) is 24.3 Å². The normalized spacial score (nSPS) is 20.0. The summed E-state index contributed by atoms with van der Waals surface area (Å²) < 4.78 is 0. The highest BCUT2D eigenvalue weighted by molar-refractivity contribution is 6.02. The van der Waals surface area contributed by atoms with E-state index in [9.17, 15) is 14.7 Å². The summed E-state index contributed by atoms with van der Waals surface area (Å²) in [4.78, 5) is 33.5. The van der Waals surface area contributed by atoms with Crippen LogP contribution in [0, 0.1) is 0 Å². The largest absolute Gasteiger partial charge is 0.390 e. The Hall–Kier alpha value is -2.90. The predicted molar refractivity (Wildman–Crippen MR) is 129 cm³/mol. The standard InChI is InChI=1S/C26H32N4O3/c1-27-13-14-29(18-22(31)17-28-12-10-19-5-2-3-6-20(19)16-28)26(33)23-9-8-21(15-24(23)27)30-11-4-7-25(30)32/h2-3,5-6,8-9,15,22,31H,4,7,10-14,16-18H2,1H3/t22-/m1/s1. The zero-order valence-corrected chi connectivity index (χ0v) is 19.2. The second-order valence-electron chi connectivity index (χ2n) is 9.43. The minimum absolute atomic E-state index is 0.0586. The van der Waals surface area contributed by atoms with Gasteiger partial charge in [-0.3, -0.25) is 14.5 Å². The van der Waals surface area contributed by atoms with Gasteiger partial charge in [-0.25, -0.2) is 0 Å². The molecule has 2 amide bonds. The van der Waals surface area contributed by atoms with Crippen molar-refractivity contribution in [3.8, 4) is 0 Å². The lowest BCUT2D eigenvalue weighted by Crippen LogP contribution is -2.44. The fourth-order valence-electron chi connectivity index (χ4n) is 5.26. The molecule has 3 heterocycles. The van der Waals surface area contributed by atoms with Crippen LogP contribution in [-0.4, -0.2) is 79.1 Å². The number of β-amino-alcohol motifs (C(OH)–C–C–N with tert-alkyl or cyclic N) is 1. The van der Waals surface area contributed by atoms with Crippen LogP contribution in [0.4, 0.5) is 11.4 Å². The van der Waals surface area contributed by atoms with Gasteiger partial charge < -0.3 is 19.8 Å². The first-order valence-electron chi connectivity index (χ1n) is 11.9. The van der Waals surface area contributed by atoms with Crippen molar-refractivity contribution in [1.29, 1.82) is 0 Å². The second-order valence-corrected chi connectivity index (χ2v) is 9.43. The number of carbonyl (C=O) groups is 2. The lowest BCUT2D eigenvalue weighted by Gasteiger charge is -2.32. The Bertz CT molecular complexity index is 1060. The van der Waals surface area contributed by atoms with Crippen LogP contribution in [-0.2, 0) is 17.8 Å². The molecule has 0 spiro atoms. The van der Waals surface area contributed by atoms with E-state index in [2.05, 4.69) is 34.1 Å². The fraction of sp³-hybridized carbons (Fsp3) is 0.462. The molecule has 1 saturated heterocycles. The maximum absolute atomic E-state index is 13.4. The van der Waals surface area contributed by atoms with Crippen molar-refractivity contribution in [3.63, 3.8) is 0 Å². The van der Waals surface area contributed by atoms with Gasteiger partial charge in [-0.15, -0.1) is 0 Å². The molecule has 0 unspecified atom stereocenters. The number of amides is 2. The highest BCUT2D eigenvalue weighted by Gasteiger charge is 2.29. The summed E-state index contributed by atoms with van der Waals surface area (Å²) in [5.74, 6) is 0.0827. The Labute approximate surface area is 195 Å². The minimum atomic E-state index is -0.604. The number of hydrogen-bond acceptors (Lipinski definition) is 5. The lowest BCUT2D eigenvalue weighted by atomic mass is 10.00. The van der Waals surface area contributed by atoms with Crippen molar-refractivity contribution in [2.24, 2.45) is 0 Å². The summed E-state index contributed by atoms with van der Waals surface area (Å²) in [6.07, 6.45) is 1.84. The lowest BCUT2D eigenvalue weighted by molar-refractivity contribution is -0.117. The van der Waals surface area contributed by atoms with Crippen LogP contribution in [0.1, 0.15) is 34.3 Å². The van der Waals surface area contributed by atoms with Gasteiger partial charge in [0.2, 0.25) is 5.91 Å². The zero-order chi connectivity index (χ0) is 22.9. The average molecular weight is 449 g/mol. The van der Waals surface area contributed by atoms with Crippen LogP contribution in [0.15, 0.2) is 42.5 Å². The van der Waals surface area contributed by atoms with E-state index >= 15 is 0 Å². The number of anilines is 2. The van der Waals surface area contributed by atoms with Crippen LogP contribution in [0.25, 0.3) is 0 Å². The first-order chi connectivity index (χ1) is 16.0. The van der Waals surface area contributed by atoms with Gasteiger partial charge in [0.15, 0.2) is 0 Å². The smallest absolute Gasteiger partial charge is 0.256 e. The monoisotopic (exact) mass is 448 g/mol. The van der Waals surface area contributed by atoms with E-state index < -0.39 is 6.10 Å². The van der Waals surface area contributed by atoms with Gasteiger partial charge in [-0.2, -0.15) is 0 Å². The zero-order valence-electron chi connectivity index (χ0n) is 19.2. The predicted octanol–water partition coefficient (Wildman–Crippen LogP) is 2.12. The molecule has 2 aromatic carbocycles. The molecule has 0 aromatic heterocycles. The number of fused-ring (bicyclic) bond motifs is 2. The molecule has 0 radical (unpaired) electrons. The summed E-state index contributed by atoms with van der Waals surface area (Å²) >= 11 is 0. The average Bonchev–Trinajstić information content (AvgIpc) is 3.22. The highest BCUT2D eigenvalue weighted by atomic mass is 16.3. The van der Waals surface area contributed by atoms with Crippen molar-refractivity contribution < 1.29 is 14.7 Å². The van der Waals surface area contributed by atoms with Gasteiger partial charge >= 0.3 is 0 Å². The molecular formula is C26H32N4O3. The van der Waals surface area contributed by atoms with E-state index in [0.717, 1.165) is 43.9 Å². The molecule has 1 fully saturated rings. The van der Waals surface area contributed by atoms with Crippen molar-refractivity contribution in [3.05, 3.63) is 59.2 Å². The number of carbonyl (C=O) groups excluding carboxylic acids is 2. The van der Waals surface area contributed by atoms with Crippen molar-refractivity contribution in [2.75, 3.05) is 56.1 Å². The highest BCUT2D eigenvalue weighted by Crippen LogP contribution is 2.31. The SMILES string of the molecule is CN1CCN(C[C@H](O)CN2CCc3ccccc3C2)C(=O)c2ccc(N3CCCC3=O)cc21. The van der Waals surface area contributed by atoms with Gasteiger partial charge in [-0.05, 0) is 42.2 Å². The number of rotatable bonds is 5. The fourth-order valence-corrected chi connectivity index (χ4v) is 5.26. The summed E-state index contributed by atoms with van der Waals surface area (Å²) in [7, 11) is 1.98. The van der Waals surface area contributed by atoms with E-state index in [0.29, 0.717) is 38.2 Å². The molecule has 174 valence electrons. The second kappa shape index (κ2) is 9.15. The van der Waals surface area contributed by atoms with Gasteiger partial charge in [0.25, 0.3) is 5.91 Å². The maximum Gasteiger partial charge on any atom is 0.256 e. The third-order valence-electron chi connectivity index (χ3n) is 7.11. The van der Waals surface area contributed by atoms with Gasteiger partial charge in [0, 0.05) is 65.0 Å². The Morgan fingerprint density at radius 2 is 1.76 bits per heavy atom. The summed E-state index contributed by atoms with van der Waals surface area (Å²) in [5, 5.41) is 10.8. The van der Waals surface area contributed by atoms with Crippen LogP contribution in [0.2, 0.25) is 0 Å². The number of likely N-dealkylation sites (N-methyl/N-ethyl adjacent to an activating group) is 1. The Balaban J connectivity index is 1.26. The van der Waals surface area contributed by atoms with E-state index in [1.54, 1.807) is 4.90 Å². The Kier molecular flexibility index (Phi) is 6.08. The summed E-state index contributed by atoms with van der Waals surface area (Å²) in [6.45, 7) is 4.60. The van der Waals surface area contributed by atoms with Crippen LogP contribution in [0.3, 0.4) is 0 Å². The minimum Gasteiger partial charge on any atom is -0.390 e. The Morgan fingerprint density at radius 3 is 2.55 bits per heavy atom. The molecule has 1 atom stereocenters. The van der Waals surface area contributed by atoms with E-state index in [1.165, 1.54) is 11.1 Å². The number of aliphatic hydroxyl groups is 1. The first-order valence-corrected chi connectivity index (χ1v) is 11.9. The maximum atomic E-state index is 13.4. The van der Waals surface area contributed by atoms with Crippen LogP contribution < -0.4 is 9.80 Å². The van der Waals surface area contributed by atoms with Crippen molar-refractivity contribution in [2.45, 2.75) is 31.9 Å². The van der Waals surface area contributed by atoms with Crippen LogP contribution in [0.5, 0.6) is 0 Å². The van der Waals surface area contributed by atoms with Crippen molar-refractivity contribution >= 4 is 23.2 Å².